The second-order valence-corrected chi connectivity index (χ2v) is 9.04. The third-order valence-corrected chi connectivity index (χ3v) is 7.12. The molecule has 2 aliphatic heterocycles. The van der Waals surface area contributed by atoms with Gasteiger partial charge in [0.15, 0.2) is 23.0 Å². The maximum absolute atomic E-state index is 5.62. The van der Waals surface area contributed by atoms with Crippen LogP contribution in [0.5, 0.6) is 23.0 Å². The highest BCUT2D eigenvalue weighted by Crippen LogP contribution is 2.50. The Morgan fingerprint density at radius 1 is 0.636 bits per heavy atom. The van der Waals surface area contributed by atoms with Gasteiger partial charge < -0.3 is 18.9 Å². The van der Waals surface area contributed by atoms with Crippen molar-refractivity contribution in [1.82, 2.24) is 0 Å². The van der Waals surface area contributed by atoms with Crippen molar-refractivity contribution in [2.24, 2.45) is 0 Å². The molecule has 0 spiro atoms. The van der Waals surface area contributed by atoms with Gasteiger partial charge in [-0.2, -0.15) is 0 Å². The maximum atomic E-state index is 5.62. The fourth-order valence-corrected chi connectivity index (χ4v) is 7.04. The molecule has 0 saturated carbocycles. The number of fused-ring (bicyclic) bond motifs is 2. The Bertz CT molecular complexity index is 739. The Labute approximate surface area is 181 Å². The lowest BCUT2D eigenvalue weighted by atomic mass is 10.0. The van der Waals surface area contributed by atoms with Crippen LogP contribution < -0.4 is 18.9 Å². The lowest BCUT2D eigenvalue weighted by Crippen LogP contribution is -1.97. The van der Waals surface area contributed by atoms with Crippen LogP contribution in [0.3, 0.4) is 0 Å². The molecule has 0 fully saturated rings. The summed E-state index contributed by atoms with van der Waals surface area (Å²) in [7, 11) is 0. The molecule has 4 rings (SSSR count). The Kier molecular flexibility index (Phi) is 4.47. The molecule has 2 heterocycles. The first-order chi connectivity index (χ1) is 10.6. The number of hydrogen-bond donors (Lipinski definition) is 0. The van der Waals surface area contributed by atoms with Gasteiger partial charge in [0.25, 0.3) is 0 Å². The summed E-state index contributed by atoms with van der Waals surface area (Å²) in [6.07, 6.45) is 0. The molecule has 0 amide bonds. The van der Waals surface area contributed by atoms with Gasteiger partial charge in [0, 0.05) is 18.3 Å². The average molecular weight is 746 g/mol. The van der Waals surface area contributed by atoms with Gasteiger partial charge in [-0.15, -0.1) is 0 Å². The lowest BCUT2D eigenvalue weighted by Gasteiger charge is -2.15. The summed E-state index contributed by atoms with van der Waals surface area (Å²) in [6.45, 7) is 0.556. The van der Waals surface area contributed by atoms with Crippen LogP contribution in [0.15, 0.2) is 12.1 Å². The second kappa shape index (κ2) is 6.13. The van der Waals surface area contributed by atoms with E-state index in [4.69, 9.17) is 18.9 Å². The molecular formula is C14H6I4O4. The monoisotopic (exact) mass is 746 g/mol. The number of benzene rings is 2. The summed E-state index contributed by atoms with van der Waals surface area (Å²) in [4.78, 5) is 0. The third-order valence-electron chi connectivity index (χ3n) is 3.36. The van der Waals surface area contributed by atoms with Crippen LogP contribution in [0.4, 0.5) is 0 Å². The van der Waals surface area contributed by atoms with Gasteiger partial charge in [-0.3, -0.25) is 0 Å². The summed E-state index contributed by atoms with van der Waals surface area (Å²) < 4.78 is 26.6. The minimum absolute atomic E-state index is 0.278. The van der Waals surface area contributed by atoms with Gasteiger partial charge in [-0.05, 0) is 102 Å². The first-order valence-corrected chi connectivity index (χ1v) is 10.4. The number of ether oxygens (including phenoxy) is 4. The normalized spacial score (nSPS) is 14.5. The molecule has 2 aliphatic rings. The zero-order valence-electron chi connectivity index (χ0n) is 10.7. The first-order valence-electron chi connectivity index (χ1n) is 6.13. The molecule has 8 heteroatoms. The summed E-state index contributed by atoms with van der Waals surface area (Å²) in [5, 5.41) is 0. The van der Waals surface area contributed by atoms with Gasteiger partial charge in [-0.25, -0.2) is 0 Å². The highest BCUT2D eigenvalue weighted by molar-refractivity contribution is 14.1. The summed E-state index contributed by atoms with van der Waals surface area (Å²) >= 11 is 9.35. The highest BCUT2D eigenvalue weighted by Gasteiger charge is 2.28. The molecule has 0 N–H and O–H groups in total. The molecular weight excluding hydrogens is 740 g/mol. The molecule has 2 aromatic carbocycles. The minimum Gasteiger partial charge on any atom is -0.454 e. The predicted molar refractivity (Wildman–Crippen MR) is 115 cm³/mol. The molecule has 0 unspecified atom stereocenters. The molecule has 0 radical (unpaired) electrons. The first kappa shape index (κ1) is 16.1. The fourth-order valence-electron chi connectivity index (χ4n) is 2.40. The van der Waals surface area contributed by atoms with Crippen molar-refractivity contribution in [3.63, 3.8) is 0 Å². The number of halogens is 4. The average Bonchev–Trinajstić information content (AvgIpc) is 3.10. The molecule has 0 aliphatic carbocycles. The summed E-state index contributed by atoms with van der Waals surface area (Å²) in [5.41, 5.74) is 2.30. The number of rotatable bonds is 1. The number of hydrogen-bond acceptors (Lipinski definition) is 4. The molecule has 0 atom stereocenters. The van der Waals surface area contributed by atoms with Crippen molar-refractivity contribution in [1.29, 1.82) is 0 Å². The Morgan fingerprint density at radius 2 is 1.05 bits per heavy atom. The second-order valence-electron chi connectivity index (χ2n) is 4.56. The van der Waals surface area contributed by atoms with Crippen molar-refractivity contribution in [3.05, 3.63) is 26.4 Å². The molecule has 0 aromatic heterocycles. The molecule has 22 heavy (non-hydrogen) atoms. The van der Waals surface area contributed by atoms with Crippen molar-refractivity contribution in [2.45, 2.75) is 0 Å². The highest BCUT2D eigenvalue weighted by atomic mass is 127. The van der Waals surface area contributed by atoms with Crippen molar-refractivity contribution < 1.29 is 18.9 Å². The topological polar surface area (TPSA) is 36.9 Å². The van der Waals surface area contributed by atoms with Gasteiger partial charge in [-0.1, -0.05) is 0 Å². The maximum Gasteiger partial charge on any atom is 0.231 e. The zero-order valence-corrected chi connectivity index (χ0v) is 19.3. The largest absolute Gasteiger partial charge is 0.454 e. The van der Waals surface area contributed by atoms with Gasteiger partial charge in [0.05, 0.1) is 7.14 Å². The fraction of sp³-hybridized carbons (Fsp3) is 0.143. The molecule has 2 aromatic rings. The van der Waals surface area contributed by atoms with Crippen molar-refractivity contribution in [2.75, 3.05) is 13.6 Å². The van der Waals surface area contributed by atoms with Crippen LogP contribution in [-0.2, 0) is 0 Å². The quantitative estimate of drug-likeness (QED) is 0.376. The Balaban J connectivity index is 2.01. The molecule has 0 saturated heterocycles. The van der Waals surface area contributed by atoms with Crippen molar-refractivity contribution in [3.8, 4) is 34.1 Å². The zero-order chi connectivity index (χ0) is 15.4. The molecule has 114 valence electrons. The van der Waals surface area contributed by atoms with E-state index >= 15 is 0 Å². The van der Waals surface area contributed by atoms with Crippen LogP contribution in [0.25, 0.3) is 11.1 Å². The third kappa shape index (κ3) is 2.46. The SMILES string of the molecule is Ic1cc2c(c(I)c1-c1c(I)cc3c(c1I)OCO3)OCO2. The van der Waals surface area contributed by atoms with Crippen LogP contribution in [0.1, 0.15) is 0 Å². The van der Waals surface area contributed by atoms with Gasteiger partial charge in [0.1, 0.15) is 0 Å². The smallest absolute Gasteiger partial charge is 0.231 e. The predicted octanol–water partition coefficient (Wildman–Crippen LogP) is 5.23. The van der Waals surface area contributed by atoms with Crippen LogP contribution in [-0.4, -0.2) is 13.6 Å². The van der Waals surface area contributed by atoms with Crippen molar-refractivity contribution >= 4 is 90.4 Å². The molecule has 4 nitrogen and oxygen atoms in total. The van der Waals surface area contributed by atoms with E-state index in [1.807, 2.05) is 12.1 Å². The van der Waals surface area contributed by atoms with E-state index in [9.17, 15) is 0 Å². The van der Waals surface area contributed by atoms with Crippen LogP contribution in [0, 0.1) is 14.3 Å². The Morgan fingerprint density at radius 3 is 1.45 bits per heavy atom. The van der Waals surface area contributed by atoms with E-state index < -0.39 is 0 Å². The van der Waals surface area contributed by atoms with E-state index in [2.05, 4.69) is 90.4 Å². The van der Waals surface area contributed by atoms with E-state index in [1.54, 1.807) is 0 Å². The van der Waals surface area contributed by atoms with E-state index in [-0.39, 0.29) is 13.6 Å². The van der Waals surface area contributed by atoms with E-state index in [1.165, 1.54) is 0 Å². The summed E-state index contributed by atoms with van der Waals surface area (Å²) in [5.74, 6) is 3.26. The minimum atomic E-state index is 0.278. The van der Waals surface area contributed by atoms with E-state index in [0.29, 0.717) is 0 Å². The van der Waals surface area contributed by atoms with Crippen LogP contribution in [0.2, 0.25) is 0 Å². The van der Waals surface area contributed by atoms with Gasteiger partial charge in [0.2, 0.25) is 13.6 Å². The van der Waals surface area contributed by atoms with E-state index in [0.717, 1.165) is 48.4 Å². The lowest BCUT2D eigenvalue weighted by molar-refractivity contribution is 0.173. The van der Waals surface area contributed by atoms with Gasteiger partial charge >= 0.3 is 0 Å². The Hall–Kier alpha value is 0.560. The van der Waals surface area contributed by atoms with Crippen LogP contribution >= 0.6 is 90.4 Å². The summed E-state index contributed by atoms with van der Waals surface area (Å²) in [6, 6.07) is 4.05. The molecule has 0 bridgehead atoms. The standard InChI is InChI=1S/C14H6I4O4/c15-5-1-7-13(21-3-19-7)11(17)9(5)10-6(16)2-8-14(12(10)18)22-4-20-8/h1-2H,3-4H2.